The number of carboxylic acids is 1. The zero-order valence-corrected chi connectivity index (χ0v) is 19.5. The van der Waals surface area contributed by atoms with Gasteiger partial charge in [0.15, 0.2) is 0 Å². The zero-order valence-electron chi connectivity index (χ0n) is 19.5. The van der Waals surface area contributed by atoms with E-state index in [4.69, 9.17) is 5.11 Å². The number of fused-ring (bicyclic) bond motifs is 2. The minimum atomic E-state index is -0.980. The predicted octanol–water partition coefficient (Wildman–Crippen LogP) is 1.42. The van der Waals surface area contributed by atoms with Gasteiger partial charge in [0.1, 0.15) is 5.69 Å². The molecule has 3 heterocycles. The summed E-state index contributed by atoms with van der Waals surface area (Å²) in [6, 6.07) is 9.58. The van der Waals surface area contributed by atoms with Crippen molar-refractivity contribution in [3.8, 4) is 0 Å². The highest BCUT2D eigenvalue weighted by Gasteiger charge is 2.27. The number of aliphatic carboxylic acids is 1. The zero-order chi connectivity index (χ0) is 24.9. The van der Waals surface area contributed by atoms with E-state index in [0.29, 0.717) is 30.9 Å². The van der Waals surface area contributed by atoms with Crippen molar-refractivity contribution in [3.63, 3.8) is 0 Å². The molecule has 0 bridgehead atoms. The number of aromatic amines is 2. The van der Waals surface area contributed by atoms with Gasteiger partial charge in [-0.05, 0) is 12.1 Å². The summed E-state index contributed by atoms with van der Waals surface area (Å²) in [5.74, 6) is -1.66. The van der Waals surface area contributed by atoms with Crippen molar-refractivity contribution in [3.05, 3.63) is 53.0 Å². The Hall–Kier alpha value is -4.15. The third-order valence-electron chi connectivity index (χ3n) is 6.17. The third kappa shape index (κ3) is 5.68. The molecule has 0 fully saturated rings. The van der Waals surface area contributed by atoms with Crippen LogP contribution in [0.3, 0.4) is 0 Å². The maximum absolute atomic E-state index is 13.1. The summed E-state index contributed by atoms with van der Waals surface area (Å²) in [6.45, 7) is 1.23. The molecular weight excluding hydrogens is 452 g/mol. The molecular formula is C24H28N6O5. The van der Waals surface area contributed by atoms with Crippen molar-refractivity contribution in [1.29, 1.82) is 0 Å². The van der Waals surface area contributed by atoms with Crippen molar-refractivity contribution < 1.29 is 24.3 Å². The fourth-order valence-corrected chi connectivity index (χ4v) is 4.10. The molecule has 1 aliphatic rings. The van der Waals surface area contributed by atoms with Crippen molar-refractivity contribution in [2.75, 3.05) is 20.1 Å². The van der Waals surface area contributed by atoms with Gasteiger partial charge in [-0.2, -0.15) is 5.10 Å². The Morgan fingerprint density at radius 1 is 1.17 bits per heavy atom. The second kappa shape index (κ2) is 10.4. The topological polar surface area (TPSA) is 151 Å². The van der Waals surface area contributed by atoms with E-state index in [-0.39, 0.29) is 50.1 Å². The lowest BCUT2D eigenvalue weighted by atomic mass is 10.0. The van der Waals surface area contributed by atoms with Crippen molar-refractivity contribution >= 4 is 34.6 Å². The first-order chi connectivity index (χ1) is 16.8. The summed E-state index contributed by atoms with van der Waals surface area (Å²) in [7, 11) is 1.52. The van der Waals surface area contributed by atoms with Crippen LogP contribution in [0.1, 0.15) is 46.7 Å². The first-order valence-electron chi connectivity index (χ1n) is 11.5. The summed E-state index contributed by atoms with van der Waals surface area (Å²) < 4.78 is 0. The fraction of sp³-hybridized carbons (Fsp3) is 0.375. The van der Waals surface area contributed by atoms with Gasteiger partial charge >= 0.3 is 5.97 Å². The van der Waals surface area contributed by atoms with Crippen LogP contribution < -0.4 is 5.32 Å². The monoisotopic (exact) mass is 480 g/mol. The van der Waals surface area contributed by atoms with Gasteiger partial charge in [0, 0.05) is 68.1 Å². The Morgan fingerprint density at radius 3 is 2.74 bits per heavy atom. The SMILES string of the molecule is CN(CCC(=O)O)C(=O)CCC(=O)NCc1n[nH]c2c1CN(C(=O)c1cc3ccccc3[nH]1)CC2. The predicted molar refractivity (Wildman–Crippen MR) is 126 cm³/mol. The molecule has 2 aromatic heterocycles. The Kier molecular flexibility index (Phi) is 7.14. The maximum Gasteiger partial charge on any atom is 0.305 e. The van der Waals surface area contributed by atoms with Gasteiger partial charge in [-0.15, -0.1) is 0 Å². The number of para-hydroxylation sites is 1. The van der Waals surface area contributed by atoms with E-state index in [9.17, 15) is 19.2 Å². The molecule has 3 aromatic rings. The third-order valence-corrected chi connectivity index (χ3v) is 6.17. The van der Waals surface area contributed by atoms with E-state index < -0.39 is 5.97 Å². The summed E-state index contributed by atoms with van der Waals surface area (Å²) in [5.41, 5.74) is 3.95. The Bertz CT molecular complexity index is 1230. The average Bonchev–Trinajstić information content (AvgIpc) is 3.47. The second-order valence-corrected chi connectivity index (χ2v) is 8.61. The van der Waals surface area contributed by atoms with Gasteiger partial charge in [-0.3, -0.25) is 24.3 Å². The first kappa shape index (κ1) is 24.0. The molecule has 184 valence electrons. The van der Waals surface area contributed by atoms with Crippen LogP contribution in [-0.2, 0) is 33.9 Å². The number of nitrogens with one attached hydrogen (secondary N) is 3. The molecule has 0 spiro atoms. The number of hydrogen-bond acceptors (Lipinski definition) is 5. The highest BCUT2D eigenvalue weighted by Crippen LogP contribution is 2.23. The molecule has 0 radical (unpaired) electrons. The molecule has 0 aliphatic carbocycles. The van der Waals surface area contributed by atoms with Crippen molar-refractivity contribution in [2.24, 2.45) is 0 Å². The summed E-state index contributed by atoms with van der Waals surface area (Å²) in [4.78, 5) is 54.3. The number of nitrogens with zero attached hydrogens (tertiary/aromatic N) is 3. The Labute approximate surface area is 201 Å². The molecule has 3 amide bonds. The summed E-state index contributed by atoms with van der Waals surface area (Å²) in [5, 5.41) is 19.8. The quantitative estimate of drug-likeness (QED) is 0.364. The highest BCUT2D eigenvalue weighted by molar-refractivity contribution is 5.98. The lowest BCUT2D eigenvalue weighted by Gasteiger charge is -2.26. The summed E-state index contributed by atoms with van der Waals surface area (Å²) >= 11 is 0. The maximum atomic E-state index is 13.1. The minimum absolute atomic E-state index is 0.00610. The lowest BCUT2D eigenvalue weighted by molar-refractivity contribution is -0.138. The van der Waals surface area contributed by atoms with E-state index in [0.717, 1.165) is 22.2 Å². The number of carbonyl (C=O) groups is 4. The fourth-order valence-electron chi connectivity index (χ4n) is 4.10. The first-order valence-corrected chi connectivity index (χ1v) is 11.5. The van der Waals surface area contributed by atoms with E-state index in [1.54, 1.807) is 4.90 Å². The van der Waals surface area contributed by atoms with E-state index in [1.165, 1.54) is 11.9 Å². The molecule has 0 unspecified atom stereocenters. The van der Waals surface area contributed by atoms with Crippen molar-refractivity contribution in [1.82, 2.24) is 30.3 Å². The van der Waals surface area contributed by atoms with Gasteiger partial charge in [-0.25, -0.2) is 0 Å². The molecule has 0 atom stereocenters. The lowest BCUT2D eigenvalue weighted by Crippen LogP contribution is -2.36. The van der Waals surface area contributed by atoms with Crippen LogP contribution in [0.25, 0.3) is 10.9 Å². The Balaban J connectivity index is 1.30. The van der Waals surface area contributed by atoms with Crippen molar-refractivity contribution in [2.45, 2.75) is 38.8 Å². The van der Waals surface area contributed by atoms with E-state index in [2.05, 4.69) is 20.5 Å². The molecule has 11 heteroatoms. The van der Waals surface area contributed by atoms with Gasteiger partial charge in [0.2, 0.25) is 11.8 Å². The van der Waals surface area contributed by atoms with Gasteiger partial charge in [0.25, 0.3) is 5.91 Å². The van der Waals surface area contributed by atoms with Crippen LogP contribution in [0.4, 0.5) is 0 Å². The summed E-state index contributed by atoms with van der Waals surface area (Å²) in [6.07, 6.45) is 0.485. The van der Waals surface area contributed by atoms with Crippen LogP contribution in [0.2, 0.25) is 0 Å². The van der Waals surface area contributed by atoms with Gasteiger partial charge in [-0.1, -0.05) is 18.2 Å². The van der Waals surface area contributed by atoms with Crippen LogP contribution in [0.5, 0.6) is 0 Å². The number of hydrogen-bond donors (Lipinski definition) is 4. The number of carboxylic acid groups (broad SMARTS) is 1. The number of carbonyl (C=O) groups excluding carboxylic acids is 3. The Morgan fingerprint density at radius 2 is 1.97 bits per heavy atom. The highest BCUT2D eigenvalue weighted by atomic mass is 16.4. The smallest absolute Gasteiger partial charge is 0.305 e. The van der Waals surface area contributed by atoms with Crippen LogP contribution >= 0.6 is 0 Å². The molecule has 1 aromatic carbocycles. The molecule has 11 nitrogen and oxygen atoms in total. The number of amides is 3. The number of rotatable bonds is 9. The number of aromatic nitrogens is 3. The van der Waals surface area contributed by atoms with E-state index in [1.807, 2.05) is 30.3 Å². The molecule has 0 saturated heterocycles. The van der Waals surface area contributed by atoms with Gasteiger partial charge in [0.05, 0.1) is 18.7 Å². The number of benzene rings is 1. The molecule has 35 heavy (non-hydrogen) atoms. The van der Waals surface area contributed by atoms with Crippen LogP contribution in [-0.4, -0.2) is 73.9 Å². The minimum Gasteiger partial charge on any atom is -0.481 e. The normalized spacial score (nSPS) is 12.9. The number of H-pyrrole nitrogens is 2. The molecule has 0 saturated carbocycles. The van der Waals surface area contributed by atoms with E-state index >= 15 is 0 Å². The van der Waals surface area contributed by atoms with Gasteiger partial charge < -0.3 is 25.2 Å². The molecule has 4 N–H and O–H groups in total. The van der Waals surface area contributed by atoms with Crippen LogP contribution in [0.15, 0.2) is 30.3 Å². The standard InChI is InChI=1S/C24H28N6O5/c1-29(10-9-23(33)34)22(32)7-6-21(31)25-13-20-16-14-30(11-8-18(16)27-28-20)24(35)19-12-15-4-2-3-5-17(15)26-19/h2-5,12,26H,6-11,13-14H2,1H3,(H,25,31)(H,27,28)(H,33,34). The van der Waals surface area contributed by atoms with Crippen LogP contribution in [0, 0.1) is 0 Å². The molecule has 1 aliphatic heterocycles. The average molecular weight is 481 g/mol. The molecule has 4 rings (SSSR count). The largest absolute Gasteiger partial charge is 0.481 e. The second-order valence-electron chi connectivity index (χ2n) is 8.61.